The van der Waals surface area contributed by atoms with E-state index in [-0.39, 0.29) is 12.3 Å². The number of benzene rings is 2. The molecule has 3 rings (SSSR count). The first kappa shape index (κ1) is 20.5. The van der Waals surface area contributed by atoms with Gasteiger partial charge >= 0.3 is 5.97 Å². The van der Waals surface area contributed by atoms with E-state index < -0.39 is 18.0 Å². The maximum Gasteiger partial charge on any atom is 0.306 e. The Bertz CT molecular complexity index is 997. The summed E-state index contributed by atoms with van der Waals surface area (Å²) < 4.78 is 6.30. The SMILES string of the molecule is CC(=O)Nc1ccc(NC(=O)[C@H](C)OC(=O)CCc2nc3ccccc3s2)cc1. The van der Waals surface area contributed by atoms with Crippen LogP contribution < -0.4 is 10.6 Å². The molecule has 0 saturated heterocycles. The number of fused-ring (bicyclic) bond motifs is 1. The Kier molecular flexibility index (Phi) is 6.56. The highest BCUT2D eigenvalue weighted by atomic mass is 32.1. The normalized spacial score (nSPS) is 11.7. The maximum absolute atomic E-state index is 12.2. The van der Waals surface area contributed by atoms with Gasteiger partial charge in [-0.15, -0.1) is 11.3 Å². The van der Waals surface area contributed by atoms with Crippen molar-refractivity contribution in [2.45, 2.75) is 32.8 Å². The number of hydrogen-bond acceptors (Lipinski definition) is 6. The van der Waals surface area contributed by atoms with E-state index in [0.29, 0.717) is 17.8 Å². The van der Waals surface area contributed by atoms with Crippen molar-refractivity contribution in [3.8, 4) is 0 Å². The number of aryl methyl sites for hydroxylation is 1. The summed E-state index contributed by atoms with van der Waals surface area (Å²) in [6, 6.07) is 14.5. The second-order valence-corrected chi connectivity index (χ2v) is 7.57. The lowest BCUT2D eigenvalue weighted by Gasteiger charge is -2.13. The van der Waals surface area contributed by atoms with E-state index in [1.807, 2.05) is 24.3 Å². The van der Waals surface area contributed by atoms with E-state index in [0.717, 1.165) is 15.2 Å². The van der Waals surface area contributed by atoms with Crippen LogP contribution in [0.15, 0.2) is 48.5 Å². The van der Waals surface area contributed by atoms with Crippen molar-refractivity contribution in [1.82, 2.24) is 4.98 Å². The number of esters is 1. The first-order valence-corrected chi connectivity index (χ1v) is 9.95. The van der Waals surface area contributed by atoms with Gasteiger partial charge in [0.05, 0.1) is 21.6 Å². The highest BCUT2D eigenvalue weighted by Crippen LogP contribution is 2.22. The molecule has 29 heavy (non-hydrogen) atoms. The van der Waals surface area contributed by atoms with Crippen molar-refractivity contribution in [2.75, 3.05) is 10.6 Å². The number of carbonyl (C=O) groups excluding carboxylic acids is 3. The number of amides is 2. The summed E-state index contributed by atoms with van der Waals surface area (Å²) >= 11 is 1.55. The average molecular weight is 411 g/mol. The van der Waals surface area contributed by atoms with Crippen molar-refractivity contribution in [3.05, 3.63) is 53.5 Å². The fourth-order valence-electron chi connectivity index (χ4n) is 2.63. The Morgan fingerprint density at radius 1 is 1.03 bits per heavy atom. The smallest absolute Gasteiger partial charge is 0.306 e. The van der Waals surface area contributed by atoms with Crippen molar-refractivity contribution in [2.24, 2.45) is 0 Å². The quantitative estimate of drug-likeness (QED) is 0.577. The molecule has 0 bridgehead atoms. The monoisotopic (exact) mass is 411 g/mol. The van der Waals surface area contributed by atoms with Crippen LogP contribution in [0.3, 0.4) is 0 Å². The molecule has 2 amide bonds. The van der Waals surface area contributed by atoms with E-state index in [1.165, 1.54) is 13.8 Å². The van der Waals surface area contributed by atoms with Gasteiger partial charge in [-0.2, -0.15) is 0 Å². The zero-order valence-corrected chi connectivity index (χ0v) is 16.9. The first-order chi connectivity index (χ1) is 13.9. The zero-order valence-electron chi connectivity index (χ0n) is 16.1. The molecule has 8 heteroatoms. The summed E-state index contributed by atoms with van der Waals surface area (Å²) in [7, 11) is 0. The molecule has 1 aromatic heterocycles. The first-order valence-electron chi connectivity index (χ1n) is 9.13. The summed E-state index contributed by atoms with van der Waals surface area (Å²) in [5.74, 6) is -1.05. The Balaban J connectivity index is 1.47. The fourth-order valence-corrected chi connectivity index (χ4v) is 3.60. The van der Waals surface area contributed by atoms with Crippen molar-refractivity contribution in [1.29, 1.82) is 0 Å². The van der Waals surface area contributed by atoms with E-state index in [1.54, 1.807) is 35.6 Å². The van der Waals surface area contributed by atoms with Gasteiger partial charge in [0.15, 0.2) is 6.10 Å². The molecule has 2 N–H and O–H groups in total. The second-order valence-electron chi connectivity index (χ2n) is 6.46. The van der Waals surface area contributed by atoms with Gasteiger partial charge in [-0.1, -0.05) is 12.1 Å². The Morgan fingerprint density at radius 2 is 1.69 bits per heavy atom. The third-order valence-electron chi connectivity index (χ3n) is 4.03. The molecular formula is C21H21N3O4S. The molecule has 1 atom stereocenters. The zero-order chi connectivity index (χ0) is 20.8. The molecule has 3 aromatic rings. The van der Waals surface area contributed by atoms with E-state index in [9.17, 15) is 14.4 Å². The maximum atomic E-state index is 12.2. The molecule has 150 valence electrons. The summed E-state index contributed by atoms with van der Waals surface area (Å²) in [6.45, 7) is 2.94. The van der Waals surface area contributed by atoms with Crippen molar-refractivity contribution >= 4 is 50.7 Å². The number of para-hydroxylation sites is 1. The minimum absolute atomic E-state index is 0.156. The Hall–Kier alpha value is -3.26. The van der Waals surface area contributed by atoms with Gasteiger partial charge in [-0.25, -0.2) is 4.98 Å². The molecule has 0 radical (unpaired) electrons. The van der Waals surface area contributed by atoms with Crippen LogP contribution in [0.25, 0.3) is 10.2 Å². The molecule has 7 nitrogen and oxygen atoms in total. The lowest BCUT2D eigenvalue weighted by molar-refractivity contribution is -0.153. The van der Waals surface area contributed by atoms with E-state index in [4.69, 9.17) is 4.74 Å². The third kappa shape index (κ3) is 5.86. The van der Waals surface area contributed by atoms with E-state index in [2.05, 4.69) is 15.6 Å². The number of nitrogens with one attached hydrogen (secondary N) is 2. The topological polar surface area (TPSA) is 97.4 Å². The largest absolute Gasteiger partial charge is 0.453 e. The number of aromatic nitrogens is 1. The number of carbonyl (C=O) groups is 3. The summed E-state index contributed by atoms with van der Waals surface area (Å²) in [6.07, 6.45) is -0.298. The van der Waals surface area contributed by atoms with Crippen LogP contribution in [0.2, 0.25) is 0 Å². The van der Waals surface area contributed by atoms with Gasteiger partial charge in [0, 0.05) is 24.7 Å². The van der Waals surface area contributed by atoms with Crippen LogP contribution in [0.1, 0.15) is 25.3 Å². The minimum Gasteiger partial charge on any atom is -0.453 e. The fraction of sp³-hybridized carbons (Fsp3) is 0.238. The van der Waals surface area contributed by atoms with Crippen LogP contribution in [-0.2, 0) is 25.5 Å². The lowest BCUT2D eigenvalue weighted by atomic mass is 10.2. The summed E-state index contributed by atoms with van der Waals surface area (Å²) in [4.78, 5) is 39.8. The van der Waals surface area contributed by atoms with Crippen LogP contribution in [-0.4, -0.2) is 28.9 Å². The van der Waals surface area contributed by atoms with Gasteiger partial charge in [-0.05, 0) is 43.3 Å². The highest BCUT2D eigenvalue weighted by molar-refractivity contribution is 7.18. The summed E-state index contributed by atoms with van der Waals surface area (Å²) in [5.41, 5.74) is 2.09. The summed E-state index contributed by atoms with van der Waals surface area (Å²) in [5, 5.41) is 6.19. The number of anilines is 2. The lowest BCUT2D eigenvalue weighted by Crippen LogP contribution is -2.30. The third-order valence-corrected chi connectivity index (χ3v) is 5.13. The predicted octanol–water partition coefficient (Wildman–Crippen LogP) is 3.76. The Morgan fingerprint density at radius 3 is 2.34 bits per heavy atom. The van der Waals surface area contributed by atoms with Gasteiger partial charge in [-0.3, -0.25) is 14.4 Å². The van der Waals surface area contributed by atoms with E-state index >= 15 is 0 Å². The Labute approximate surface area is 172 Å². The minimum atomic E-state index is -0.923. The molecule has 0 fully saturated rings. The van der Waals surface area contributed by atoms with Crippen LogP contribution >= 0.6 is 11.3 Å². The second kappa shape index (κ2) is 9.29. The van der Waals surface area contributed by atoms with Crippen molar-refractivity contribution in [3.63, 3.8) is 0 Å². The molecule has 0 saturated carbocycles. The molecular weight excluding hydrogens is 390 g/mol. The van der Waals surface area contributed by atoms with Crippen LogP contribution in [0, 0.1) is 0 Å². The molecule has 0 unspecified atom stereocenters. The molecule has 0 aliphatic carbocycles. The number of hydrogen-bond donors (Lipinski definition) is 2. The van der Waals surface area contributed by atoms with Gasteiger partial charge < -0.3 is 15.4 Å². The van der Waals surface area contributed by atoms with Gasteiger partial charge in [0.25, 0.3) is 5.91 Å². The van der Waals surface area contributed by atoms with Crippen molar-refractivity contribution < 1.29 is 19.1 Å². The number of ether oxygens (including phenoxy) is 1. The molecule has 0 aliphatic heterocycles. The molecule has 0 spiro atoms. The van der Waals surface area contributed by atoms with Crippen LogP contribution in [0.5, 0.6) is 0 Å². The average Bonchev–Trinajstić information content (AvgIpc) is 3.10. The molecule has 0 aliphatic rings. The van der Waals surface area contributed by atoms with Gasteiger partial charge in [0.2, 0.25) is 5.91 Å². The highest BCUT2D eigenvalue weighted by Gasteiger charge is 2.18. The number of rotatable bonds is 7. The molecule has 1 heterocycles. The van der Waals surface area contributed by atoms with Gasteiger partial charge in [0.1, 0.15) is 0 Å². The predicted molar refractivity (Wildman–Crippen MR) is 113 cm³/mol. The number of nitrogens with zero attached hydrogens (tertiary/aromatic N) is 1. The number of thiazole rings is 1. The standard InChI is InChI=1S/C21H21N3O4S/c1-13(21(27)23-16-9-7-15(8-10-16)22-14(2)25)28-20(26)12-11-19-24-17-5-3-4-6-18(17)29-19/h3-10,13H,11-12H2,1-2H3,(H,22,25)(H,23,27)/t13-/m0/s1. The molecule has 2 aromatic carbocycles. The van der Waals surface area contributed by atoms with Crippen LogP contribution in [0.4, 0.5) is 11.4 Å².